The van der Waals surface area contributed by atoms with Crippen LogP contribution < -0.4 is 5.32 Å². The van der Waals surface area contributed by atoms with Gasteiger partial charge in [0, 0.05) is 49.6 Å². The second-order valence-corrected chi connectivity index (χ2v) is 11.9. The van der Waals surface area contributed by atoms with Gasteiger partial charge in [0.05, 0.1) is 22.1 Å². The first-order chi connectivity index (χ1) is 19.4. The number of hydrogen-bond donors (Lipinski definition) is 1. The van der Waals surface area contributed by atoms with Gasteiger partial charge in [-0.15, -0.1) is 0 Å². The van der Waals surface area contributed by atoms with Crippen LogP contribution in [-0.4, -0.2) is 63.6 Å². The number of piperazine rings is 1. The molecule has 0 amide bonds. The first kappa shape index (κ1) is 26.1. The van der Waals surface area contributed by atoms with Gasteiger partial charge >= 0.3 is 0 Å². The maximum atomic E-state index is 13.4. The van der Waals surface area contributed by atoms with Gasteiger partial charge < -0.3 is 5.32 Å². The minimum Gasteiger partial charge on any atom is -0.339 e. The number of hydrogen-bond acceptors (Lipinski definition) is 7. The fourth-order valence-corrected chi connectivity index (χ4v) is 6.48. The summed E-state index contributed by atoms with van der Waals surface area (Å²) < 4.78 is 30.0. The molecule has 40 heavy (non-hydrogen) atoms. The lowest BCUT2D eigenvalue weighted by Gasteiger charge is -2.37. The molecule has 1 N–H and O–H groups in total. The van der Waals surface area contributed by atoms with Crippen LogP contribution in [-0.2, 0) is 10.0 Å². The first-order valence-corrected chi connectivity index (χ1v) is 14.8. The summed E-state index contributed by atoms with van der Waals surface area (Å²) in [5.41, 5.74) is 3.82. The summed E-state index contributed by atoms with van der Waals surface area (Å²) in [6.07, 6.45) is 3.51. The molecule has 1 atom stereocenters. The molecule has 10 heteroatoms. The highest BCUT2D eigenvalue weighted by Gasteiger charge is 2.31. The average Bonchev–Trinajstić information content (AvgIpc) is 3.53. The van der Waals surface area contributed by atoms with Crippen molar-refractivity contribution in [3.05, 3.63) is 103 Å². The zero-order valence-corrected chi connectivity index (χ0v) is 23.3. The average molecular weight is 554 g/mol. The van der Waals surface area contributed by atoms with E-state index in [1.165, 1.54) is 0 Å². The molecule has 0 radical (unpaired) electrons. The van der Waals surface area contributed by atoms with Gasteiger partial charge in [-0.2, -0.15) is 9.40 Å². The van der Waals surface area contributed by atoms with Crippen molar-refractivity contribution in [2.45, 2.75) is 24.8 Å². The normalized spacial score (nSPS) is 15.8. The van der Waals surface area contributed by atoms with Gasteiger partial charge in [0.15, 0.2) is 0 Å². The smallest absolute Gasteiger partial charge is 0.243 e. The first-order valence-electron chi connectivity index (χ1n) is 13.3. The van der Waals surface area contributed by atoms with Crippen molar-refractivity contribution in [3.63, 3.8) is 0 Å². The Morgan fingerprint density at radius 1 is 0.850 bits per heavy atom. The molecule has 204 valence electrons. The van der Waals surface area contributed by atoms with Crippen LogP contribution >= 0.6 is 0 Å². The molecule has 1 aliphatic rings. The molecule has 0 saturated carbocycles. The monoisotopic (exact) mass is 553 g/mol. The minimum atomic E-state index is -3.60. The van der Waals surface area contributed by atoms with Crippen LogP contribution in [0.2, 0.25) is 0 Å². The zero-order chi connectivity index (χ0) is 27.7. The van der Waals surface area contributed by atoms with E-state index < -0.39 is 10.0 Å². The van der Waals surface area contributed by atoms with Gasteiger partial charge in [-0.25, -0.2) is 23.1 Å². The van der Waals surface area contributed by atoms with Crippen molar-refractivity contribution >= 4 is 32.4 Å². The second kappa shape index (κ2) is 10.8. The third-order valence-corrected chi connectivity index (χ3v) is 9.37. The lowest BCUT2D eigenvalue weighted by atomic mass is 10.1. The van der Waals surface area contributed by atoms with E-state index >= 15 is 0 Å². The highest BCUT2D eigenvalue weighted by molar-refractivity contribution is 7.89. The molecule has 0 aliphatic carbocycles. The van der Waals surface area contributed by atoms with E-state index in [-0.39, 0.29) is 10.9 Å². The van der Waals surface area contributed by atoms with Gasteiger partial charge in [0.25, 0.3) is 0 Å². The van der Waals surface area contributed by atoms with Crippen LogP contribution in [0.5, 0.6) is 0 Å². The maximum Gasteiger partial charge on any atom is 0.243 e. The third-order valence-electron chi connectivity index (χ3n) is 7.46. The zero-order valence-electron chi connectivity index (χ0n) is 22.5. The number of rotatable bonds is 7. The molecule has 3 heterocycles. The highest BCUT2D eigenvalue weighted by Crippen LogP contribution is 2.29. The summed E-state index contributed by atoms with van der Waals surface area (Å²) in [7, 11) is -3.60. The molecule has 3 aromatic carbocycles. The molecule has 6 rings (SSSR count). The minimum absolute atomic E-state index is 0.0831. The summed E-state index contributed by atoms with van der Waals surface area (Å²) in [5.74, 6) is 1.47. The second-order valence-electron chi connectivity index (χ2n) is 9.95. The van der Waals surface area contributed by atoms with E-state index in [0.29, 0.717) is 32.0 Å². The summed E-state index contributed by atoms with van der Waals surface area (Å²) in [6, 6.07) is 24.7. The van der Waals surface area contributed by atoms with Crippen molar-refractivity contribution in [1.29, 1.82) is 0 Å². The summed E-state index contributed by atoms with van der Waals surface area (Å²) >= 11 is 0. The van der Waals surface area contributed by atoms with Crippen molar-refractivity contribution in [3.8, 4) is 5.69 Å². The Balaban J connectivity index is 1.19. The number of fused-ring (bicyclic) bond motifs is 1. The van der Waals surface area contributed by atoms with E-state index in [9.17, 15) is 8.42 Å². The summed E-state index contributed by atoms with van der Waals surface area (Å²) in [4.78, 5) is 12.4. The number of aryl methyl sites for hydroxylation is 1. The Bertz CT molecular complexity index is 1730. The molecule has 2 aromatic heterocycles. The lowest BCUT2D eigenvalue weighted by molar-refractivity contribution is 0.141. The van der Waals surface area contributed by atoms with Gasteiger partial charge in [-0.1, -0.05) is 30.3 Å². The molecule has 5 aromatic rings. The van der Waals surface area contributed by atoms with Crippen molar-refractivity contribution in [2.75, 3.05) is 31.5 Å². The van der Waals surface area contributed by atoms with Crippen LogP contribution in [0.4, 0.5) is 11.5 Å². The van der Waals surface area contributed by atoms with Crippen LogP contribution in [0.25, 0.3) is 16.6 Å². The molecule has 0 bridgehead atoms. The Morgan fingerprint density at radius 3 is 2.30 bits per heavy atom. The molecule has 1 aliphatic heterocycles. The summed E-state index contributed by atoms with van der Waals surface area (Å²) in [5, 5.41) is 8.67. The van der Waals surface area contributed by atoms with Crippen LogP contribution in [0.1, 0.15) is 24.4 Å². The molecule has 0 spiro atoms. The maximum absolute atomic E-state index is 13.4. The number of para-hydroxylation sites is 2. The summed E-state index contributed by atoms with van der Waals surface area (Å²) in [6.45, 7) is 6.12. The van der Waals surface area contributed by atoms with Crippen molar-refractivity contribution in [1.82, 2.24) is 29.0 Å². The van der Waals surface area contributed by atoms with E-state index in [4.69, 9.17) is 9.97 Å². The largest absolute Gasteiger partial charge is 0.339 e. The standard InChI is InChI=1S/C30H31N7O2S/c1-22-8-3-5-10-27(22)32-30-26-9-4-6-11-28(26)33-29(34-30)23(2)35-18-20-36(21-19-35)40(38,39)25-14-12-24(13-15-25)37-17-7-16-31-37/h3-17,23H,18-21H2,1-2H3,(H,32,33,34). The Hall–Kier alpha value is -4.12. The number of nitrogens with one attached hydrogen (secondary N) is 1. The van der Waals surface area contributed by atoms with Crippen LogP contribution in [0.15, 0.2) is 96.2 Å². The number of anilines is 2. The molecule has 9 nitrogen and oxygen atoms in total. The molecular formula is C30H31N7O2S. The van der Waals surface area contributed by atoms with E-state index in [2.05, 4.69) is 35.2 Å². The third kappa shape index (κ3) is 5.08. The topological polar surface area (TPSA) is 96.2 Å². The van der Waals surface area contributed by atoms with Gasteiger partial charge in [0.1, 0.15) is 11.6 Å². The quantitative estimate of drug-likeness (QED) is 0.305. The fraction of sp³-hybridized carbons (Fsp3) is 0.233. The fourth-order valence-electron chi connectivity index (χ4n) is 5.05. The van der Waals surface area contributed by atoms with Gasteiger partial charge in [-0.05, 0) is 67.9 Å². The van der Waals surface area contributed by atoms with Crippen molar-refractivity contribution < 1.29 is 8.42 Å². The van der Waals surface area contributed by atoms with E-state index in [0.717, 1.165) is 33.7 Å². The number of nitrogens with zero attached hydrogens (tertiary/aromatic N) is 6. The Morgan fingerprint density at radius 2 is 1.57 bits per heavy atom. The van der Waals surface area contributed by atoms with E-state index in [1.807, 2.05) is 54.7 Å². The highest BCUT2D eigenvalue weighted by atomic mass is 32.2. The van der Waals surface area contributed by atoms with Crippen LogP contribution in [0.3, 0.4) is 0 Å². The Labute approximate surface area is 234 Å². The molecule has 1 saturated heterocycles. The number of benzene rings is 3. The van der Waals surface area contributed by atoms with E-state index in [1.54, 1.807) is 39.4 Å². The van der Waals surface area contributed by atoms with Gasteiger partial charge in [-0.3, -0.25) is 4.90 Å². The lowest BCUT2D eigenvalue weighted by Crippen LogP contribution is -2.49. The molecular weight excluding hydrogens is 522 g/mol. The van der Waals surface area contributed by atoms with Gasteiger partial charge in [0.2, 0.25) is 10.0 Å². The predicted molar refractivity (Wildman–Crippen MR) is 156 cm³/mol. The number of aromatic nitrogens is 4. The number of sulfonamides is 1. The molecule has 1 unspecified atom stereocenters. The van der Waals surface area contributed by atoms with Crippen molar-refractivity contribution in [2.24, 2.45) is 0 Å². The predicted octanol–water partition coefficient (Wildman–Crippen LogP) is 4.94. The van der Waals surface area contributed by atoms with Crippen LogP contribution in [0, 0.1) is 6.92 Å². The Kier molecular flexibility index (Phi) is 7.05. The molecule has 1 fully saturated rings. The SMILES string of the molecule is Cc1ccccc1Nc1nc(C(C)N2CCN(S(=O)(=O)c3ccc(-n4cccn4)cc3)CC2)nc2ccccc12.